The zero-order valence-corrected chi connectivity index (χ0v) is 10.2. The van der Waals surface area contributed by atoms with Crippen molar-refractivity contribution in [2.45, 2.75) is 13.8 Å². The molecule has 18 heavy (non-hydrogen) atoms. The number of rotatable bonds is 4. The molecule has 5 nitrogen and oxygen atoms in total. The first kappa shape index (κ1) is 14.0. The molecule has 1 aromatic rings. The highest BCUT2D eigenvalue weighted by Gasteiger charge is 2.07. The Hall–Kier alpha value is -2.11. The lowest BCUT2D eigenvalue weighted by atomic mass is 10.2. The van der Waals surface area contributed by atoms with Gasteiger partial charge in [0.2, 0.25) is 0 Å². The second kappa shape index (κ2) is 6.58. The summed E-state index contributed by atoms with van der Waals surface area (Å²) in [6, 6.07) is 3.74. The van der Waals surface area contributed by atoms with Crippen molar-refractivity contribution < 1.29 is 18.7 Å². The van der Waals surface area contributed by atoms with Gasteiger partial charge in [0.25, 0.3) is 0 Å². The third-order valence-corrected chi connectivity index (χ3v) is 2.13. The largest absolute Gasteiger partial charge is 0.465 e. The predicted octanol–water partition coefficient (Wildman–Crippen LogP) is 1.82. The number of carbonyl (C=O) groups excluding carboxylic acids is 2. The Labute approximate surface area is 104 Å². The lowest BCUT2D eigenvalue weighted by molar-refractivity contribution is -0.141. The van der Waals surface area contributed by atoms with Crippen LogP contribution in [0.5, 0.6) is 0 Å². The van der Waals surface area contributed by atoms with Crippen molar-refractivity contribution in [3.63, 3.8) is 0 Å². The number of amides is 2. The summed E-state index contributed by atoms with van der Waals surface area (Å²) in [7, 11) is 0. The molecule has 1 aromatic carbocycles. The van der Waals surface area contributed by atoms with Gasteiger partial charge >= 0.3 is 12.0 Å². The van der Waals surface area contributed by atoms with E-state index in [4.69, 9.17) is 0 Å². The van der Waals surface area contributed by atoms with Crippen molar-refractivity contribution in [2.24, 2.45) is 0 Å². The van der Waals surface area contributed by atoms with E-state index in [0.717, 1.165) is 0 Å². The normalized spacial score (nSPS) is 9.72. The van der Waals surface area contributed by atoms with E-state index in [1.165, 1.54) is 6.07 Å². The topological polar surface area (TPSA) is 67.4 Å². The van der Waals surface area contributed by atoms with E-state index >= 15 is 0 Å². The first-order valence-corrected chi connectivity index (χ1v) is 5.49. The van der Waals surface area contributed by atoms with Crippen molar-refractivity contribution in [3.05, 3.63) is 29.6 Å². The van der Waals surface area contributed by atoms with Crippen LogP contribution in [0.2, 0.25) is 0 Å². The zero-order chi connectivity index (χ0) is 13.5. The minimum Gasteiger partial charge on any atom is -0.465 e. The number of nitrogens with one attached hydrogen (secondary N) is 2. The minimum atomic E-state index is -0.591. The molecular weight excluding hydrogens is 239 g/mol. The molecule has 2 N–H and O–H groups in total. The molecule has 0 fully saturated rings. The predicted molar refractivity (Wildman–Crippen MR) is 64.8 cm³/mol. The molecule has 0 unspecified atom stereocenters. The third kappa shape index (κ3) is 4.40. The van der Waals surface area contributed by atoms with Crippen molar-refractivity contribution in [1.29, 1.82) is 0 Å². The molecule has 98 valence electrons. The highest BCUT2D eigenvalue weighted by atomic mass is 19.1. The van der Waals surface area contributed by atoms with Crippen LogP contribution >= 0.6 is 0 Å². The van der Waals surface area contributed by atoms with Gasteiger partial charge in [0.05, 0.1) is 6.61 Å². The van der Waals surface area contributed by atoms with Crippen LogP contribution in [-0.2, 0) is 9.53 Å². The maximum absolute atomic E-state index is 13.2. The highest BCUT2D eigenvalue weighted by molar-refractivity contribution is 5.91. The van der Waals surface area contributed by atoms with Gasteiger partial charge in [0, 0.05) is 5.69 Å². The number of halogens is 1. The van der Waals surface area contributed by atoms with Crippen LogP contribution < -0.4 is 10.6 Å². The Bertz CT molecular complexity index is 449. The van der Waals surface area contributed by atoms with E-state index < -0.39 is 17.8 Å². The lowest BCUT2D eigenvalue weighted by Gasteiger charge is -2.07. The maximum atomic E-state index is 13.2. The second-order valence-electron chi connectivity index (χ2n) is 3.58. The average molecular weight is 254 g/mol. The van der Waals surface area contributed by atoms with Gasteiger partial charge in [-0.15, -0.1) is 0 Å². The van der Waals surface area contributed by atoms with E-state index in [0.29, 0.717) is 11.3 Å². The summed E-state index contributed by atoms with van der Waals surface area (Å²) in [5, 5.41) is 4.71. The van der Waals surface area contributed by atoms with E-state index in [1.807, 2.05) is 0 Å². The molecule has 2 amide bonds. The third-order valence-electron chi connectivity index (χ3n) is 2.13. The SMILES string of the molecule is CCOC(=O)CNC(=O)Nc1ccc(C)c(F)c1. The quantitative estimate of drug-likeness (QED) is 0.805. The molecule has 0 radical (unpaired) electrons. The van der Waals surface area contributed by atoms with E-state index in [1.54, 1.807) is 26.0 Å². The summed E-state index contributed by atoms with van der Waals surface area (Å²) in [6.45, 7) is 3.33. The fourth-order valence-electron chi connectivity index (χ4n) is 1.21. The summed E-state index contributed by atoms with van der Waals surface area (Å²) in [5.74, 6) is -0.930. The summed E-state index contributed by atoms with van der Waals surface area (Å²) in [6.07, 6.45) is 0. The lowest BCUT2D eigenvalue weighted by Crippen LogP contribution is -2.34. The molecule has 0 saturated heterocycles. The van der Waals surface area contributed by atoms with Crippen molar-refractivity contribution >= 4 is 17.7 Å². The minimum absolute atomic E-state index is 0.228. The number of hydrogen-bond donors (Lipinski definition) is 2. The second-order valence-corrected chi connectivity index (χ2v) is 3.58. The average Bonchev–Trinajstić information content (AvgIpc) is 2.32. The Balaban J connectivity index is 2.44. The van der Waals surface area contributed by atoms with Crippen LogP contribution in [0.15, 0.2) is 18.2 Å². The number of benzene rings is 1. The summed E-state index contributed by atoms with van der Waals surface area (Å²) in [5.41, 5.74) is 0.812. The first-order valence-electron chi connectivity index (χ1n) is 5.49. The van der Waals surface area contributed by atoms with Crippen molar-refractivity contribution in [3.8, 4) is 0 Å². The van der Waals surface area contributed by atoms with Crippen LogP contribution in [0.4, 0.5) is 14.9 Å². The van der Waals surface area contributed by atoms with Gasteiger partial charge in [-0.3, -0.25) is 4.79 Å². The molecule has 0 saturated carbocycles. The standard InChI is InChI=1S/C12H15FN2O3/c1-3-18-11(16)7-14-12(17)15-9-5-4-8(2)10(13)6-9/h4-6H,3,7H2,1-2H3,(H2,14,15,17). The van der Waals surface area contributed by atoms with Crippen LogP contribution in [-0.4, -0.2) is 25.2 Å². The van der Waals surface area contributed by atoms with Gasteiger partial charge in [0.1, 0.15) is 12.4 Å². The Morgan fingerprint density at radius 1 is 1.39 bits per heavy atom. The maximum Gasteiger partial charge on any atom is 0.325 e. The Morgan fingerprint density at radius 3 is 2.72 bits per heavy atom. The summed E-state index contributed by atoms with van der Waals surface area (Å²) < 4.78 is 17.8. The van der Waals surface area contributed by atoms with Gasteiger partial charge in [0.15, 0.2) is 0 Å². The van der Waals surface area contributed by atoms with Crippen LogP contribution in [0.1, 0.15) is 12.5 Å². The van der Waals surface area contributed by atoms with Crippen LogP contribution in [0.25, 0.3) is 0 Å². The number of hydrogen-bond acceptors (Lipinski definition) is 3. The van der Waals surface area contributed by atoms with Gasteiger partial charge in [-0.25, -0.2) is 9.18 Å². The molecular formula is C12H15FN2O3. The molecule has 0 aliphatic rings. The van der Waals surface area contributed by atoms with Crippen molar-refractivity contribution in [2.75, 3.05) is 18.5 Å². The number of urea groups is 1. The van der Waals surface area contributed by atoms with Gasteiger partial charge in [-0.1, -0.05) is 6.07 Å². The molecule has 0 aliphatic heterocycles. The molecule has 0 bridgehead atoms. The van der Waals surface area contributed by atoms with E-state index in [-0.39, 0.29) is 13.2 Å². The van der Waals surface area contributed by atoms with Gasteiger partial charge in [-0.05, 0) is 31.5 Å². The smallest absolute Gasteiger partial charge is 0.325 e. The van der Waals surface area contributed by atoms with Crippen molar-refractivity contribution in [1.82, 2.24) is 5.32 Å². The molecule has 0 aromatic heterocycles. The fourth-order valence-corrected chi connectivity index (χ4v) is 1.21. The van der Waals surface area contributed by atoms with E-state index in [9.17, 15) is 14.0 Å². The number of anilines is 1. The fraction of sp³-hybridized carbons (Fsp3) is 0.333. The molecule has 0 heterocycles. The van der Waals surface area contributed by atoms with Gasteiger partial charge in [-0.2, -0.15) is 0 Å². The molecule has 1 rings (SSSR count). The van der Waals surface area contributed by atoms with Crippen LogP contribution in [0.3, 0.4) is 0 Å². The monoisotopic (exact) mass is 254 g/mol. The first-order chi connectivity index (χ1) is 8.52. The highest BCUT2D eigenvalue weighted by Crippen LogP contribution is 2.13. The molecule has 6 heteroatoms. The van der Waals surface area contributed by atoms with Crippen LogP contribution in [0, 0.1) is 12.7 Å². The number of esters is 1. The van der Waals surface area contributed by atoms with Gasteiger partial charge < -0.3 is 15.4 Å². The number of carbonyl (C=O) groups is 2. The molecule has 0 aliphatic carbocycles. The summed E-state index contributed by atoms with van der Waals surface area (Å²) >= 11 is 0. The number of aryl methyl sites for hydroxylation is 1. The Morgan fingerprint density at radius 2 is 2.11 bits per heavy atom. The Kier molecular flexibility index (Phi) is 5.10. The number of ether oxygens (including phenoxy) is 1. The zero-order valence-electron chi connectivity index (χ0n) is 10.2. The van der Waals surface area contributed by atoms with E-state index in [2.05, 4.69) is 15.4 Å². The summed E-state index contributed by atoms with van der Waals surface area (Å²) in [4.78, 5) is 22.3. The molecule has 0 atom stereocenters. The molecule has 0 spiro atoms.